The van der Waals surface area contributed by atoms with Crippen molar-refractivity contribution in [3.8, 4) is 5.75 Å². The Labute approximate surface area is 258 Å². The van der Waals surface area contributed by atoms with Gasteiger partial charge in [0.05, 0.1) is 0 Å². The minimum Gasteiger partial charge on any atom is -0.424 e. The molecule has 3 atom stereocenters. The predicted molar refractivity (Wildman–Crippen MR) is 171 cm³/mol. The number of halogens is 2. The molecule has 0 unspecified atom stereocenters. The number of fused-ring (bicyclic) bond motifs is 1. The van der Waals surface area contributed by atoms with Gasteiger partial charge in [-0.25, -0.2) is 4.79 Å². The normalized spacial score (nSPS) is 12.5. The minimum absolute atomic E-state index is 0. The van der Waals surface area contributed by atoms with Gasteiger partial charge in [0.2, 0.25) is 11.8 Å². The molecule has 0 saturated carbocycles. The van der Waals surface area contributed by atoms with Gasteiger partial charge >= 0.3 is 5.97 Å². The molecule has 0 aliphatic heterocycles. The summed E-state index contributed by atoms with van der Waals surface area (Å²) in [5.41, 5.74) is 6.15. The second-order valence-electron chi connectivity index (χ2n) is 9.90. The van der Waals surface area contributed by atoms with E-state index in [0.717, 1.165) is 16.5 Å². The fourth-order valence-corrected chi connectivity index (χ4v) is 4.17. The average molecular weight is 620 g/mol. The lowest BCUT2D eigenvalue weighted by Gasteiger charge is -2.26. The Morgan fingerprint density at radius 2 is 1.50 bits per heavy atom. The first-order valence-electron chi connectivity index (χ1n) is 13.4. The van der Waals surface area contributed by atoms with Crippen LogP contribution in [0.3, 0.4) is 0 Å². The lowest BCUT2D eigenvalue weighted by Crippen LogP contribution is -2.56. The lowest BCUT2D eigenvalue weighted by molar-refractivity contribution is -0.140. The molecule has 0 radical (unpaired) electrons. The van der Waals surface area contributed by atoms with Crippen LogP contribution in [0.1, 0.15) is 33.6 Å². The Bertz CT molecular complexity index is 1320. The smallest absolute Gasteiger partial charge is 0.334 e. The van der Waals surface area contributed by atoms with Crippen LogP contribution >= 0.6 is 24.8 Å². The molecule has 0 fully saturated rings. The SMILES string of the molecule is CC(C)[C@H](NC(=O)[C@H](C)Nc1ccccc1)C(=O)N[C@@H](CCCNC(=N)N)C(=O)Oc1cccc2ccccc12.Cl.Cl. The predicted octanol–water partition coefficient (Wildman–Crippen LogP) is 3.98. The topological polar surface area (TPSA) is 158 Å². The summed E-state index contributed by atoms with van der Waals surface area (Å²) in [4.78, 5) is 39.7. The zero-order valence-corrected chi connectivity index (χ0v) is 25.5. The van der Waals surface area contributed by atoms with Crippen molar-refractivity contribution in [3.63, 3.8) is 0 Å². The number of hydrogen-bond acceptors (Lipinski definition) is 6. The van der Waals surface area contributed by atoms with Crippen molar-refractivity contribution >= 4 is 65.0 Å². The Morgan fingerprint density at radius 1 is 0.857 bits per heavy atom. The summed E-state index contributed by atoms with van der Waals surface area (Å²) in [7, 11) is 0. The molecule has 3 rings (SSSR count). The Hall–Kier alpha value is -4.02. The van der Waals surface area contributed by atoms with Gasteiger partial charge in [0.25, 0.3) is 0 Å². The molecule has 228 valence electrons. The standard InChI is InChI=1S/C30H38N6O4.2ClH/c1-19(2)26(36-27(37)20(3)34-22-13-5-4-6-14-22)28(38)35-24(16-10-18-33-30(31)32)29(39)40-25-17-9-12-21-11-7-8-15-23(21)25;;/h4-9,11-15,17,19-20,24,26,34H,10,16,18H2,1-3H3,(H,35,38)(H,36,37)(H4,31,32,33);2*1H/t20-,24-,26-;;/m0../s1. The van der Waals surface area contributed by atoms with Gasteiger partial charge in [0, 0.05) is 17.6 Å². The molecule has 42 heavy (non-hydrogen) atoms. The third-order valence-electron chi connectivity index (χ3n) is 6.34. The Morgan fingerprint density at radius 3 is 2.17 bits per heavy atom. The van der Waals surface area contributed by atoms with Crippen LogP contribution in [0.5, 0.6) is 5.75 Å². The molecular formula is C30H40Cl2N6O4. The van der Waals surface area contributed by atoms with Crippen LogP contribution in [-0.2, 0) is 14.4 Å². The van der Waals surface area contributed by atoms with Crippen LogP contribution in [0, 0.1) is 11.3 Å². The van der Waals surface area contributed by atoms with Crippen molar-refractivity contribution in [1.29, 1.82) is 5.41 Å². The second-order valence-corrected chi connectivity index (χ2v) is 9.90. The molecule has 7 N–H and O–H groups in total. The number of benzene rings is 3. The third-order valence-corrected chi connectivity index (χ3v) is 6.34. The van der Waals surface area contributed by atoms with E-state index in [1.165, 1.54) is 0 Å². The number of esters is 1. The molecular weight excluding hydrogens is 579 g/mol. The Balaban J connectivity index is 0.00000441. The Kier molecular flexibility index (Phi) is 15.2. The van der Waals surface area contributed by atoms with Gasteiger partial charge in [-0.15, -0.1) is 24.8 Å². The minimum atomic E-state index is -0.988. The van der Waals surface area contributed by atoms with Crippen LogP contribution in [-0.4, -0.2) is 48.4 Å². The summed E-state index contributed by atoms with van der Waals surface area (Å²) in [6, 6.07) is 19.8. The number of nitrogens with two attached hydrogens (primary N) is 1. The fourth-order valence-electron chi connectivity index (χ4n) is 4.17. The molecule has 3 aromatic rings. The van der Waals surface area contributed by atoms with Crippen molar-refractivity contribution in [1.82, 2.24) is 16.0 Å². The van der Waals surface area contributed by atoms with E-state index in [1.54, 1.807) is 19.1 Å². The highest BCUT2D eigenvalue weighted by Crippen LogP contribution is 2.25. The van der Waals surface area contributed by atoms with Crippen molar-refractivity contribution < 1.29 is 19.1 Å². The average Bonchev–Trinajstić information content (AvgIpc) is 2.93. The van der Waals surface area contributed by atoms with Crippen molar-refractivity contribution in [3.05, 3.63) is 72.8 Å². The van der Waals surface area contributed by atoms with Crippen LogP contribution in [0.25, 0.3) is 10.8 Å². The zero-order valence-electron chi connectivity index (χ0n) is 23.9. The van der Waals surface area contributed by atoms with Gasteiger partial charge in [-0.3, -0.25) is 15.0 Å². The quantitative estimate of drug-likeness (QED) is 0.0555. The number of carbonyl (C=O) groups is 3. The van der Waals surface area contributed by atoms with E-state index in [9.17, 15) is 14.4 Å². The summed E-state index contributed by atoms with van der Waals surface area (Å²) >= 11 is 0. The number of anilines is 1. The second kappa shape index (κ2) is 17.7. The molecule has 10 nitrogen and oxygen atoms in total. The monoisotopic (exact) mass is 618 g/mol. The molecule has 3 aromatic carbocycles. The van der Waals surface area contributed by atoms with Crippen LogP contribution in [0.15, 0.2) is 72.8 Å². The molecule has 0 bridgehead atoms. The number of ether oxygens (including phenoxy) is 1. The summed E-state index contributed by atoms with van der Waals surface area (Å²) < 4.78 is 5.76. The number of rotatable bonds is 13. The van der Waals surface area contributed by atoms with E-state index in [-0.39, 0.29) is 49.0 Å². The lowest BCUT2D eigenvalue weighted by atomic mass is 10.0. The molecule has 0 aliphatic carbocycles. The van der Waals surface area contributed by atoms with E-state index < -0.39 is 30.0 Å². The molecule has 2 amide bonds. The van der Waals surface area contributed by atoms with Gasteiger partial charge in [-0.05, 0) is 49.3 Å². The van der Waals surface area contributed by atoms with E-state index in [1.807, 2.05) is 74.5 Å². The highest BCUT2D eigenvalue weighted by molar-refractivity contribution is 5.94. The molecule has 0 spiro atoms. The number of para-hydroxylation sites is 1. The van der Waals surface area contributed by atoms with E-state index >= 15 is 0 Å². The van der Waals surface area contributed by atoms with Crippen LogP contribution in [0.2, 0.25) is 0 Å². The molecule has 0 aliphatic rings. The molecule has 0 saturated heterocycles. The van der Waals surface area contributed by atoms with Gasteiger partial charge in [-0.1, -0.05) is 68.4 Å². The maximum absolute atomic E-state index is 13.4. The number of amides is 2. The molecule has 0 heterocycles. The van der Waals surface area contributed by atoms with Crippen molar-refractivity contribution in [2.24, 2.45) is 11.7 Å². The first-order chi connectivity index (χ1) is 19.2. The molecule has 12 heteroatoms. The summed E-state index contributed by atoms with van der Waals surface area (Å²) in [6.45, 7) is 5.69. The van der Waals surface area contributed by atoms with Crippen LogP contribution < -0.4 is 31.7 Å². The van der Waals surface area contributed by atoms with E-state index in [4.69, 9.17) is 15.9 Å². The van der Waals surface area contributed by atoms with Gasteiger partial charge in [-0.2, -0.15) is 0 Å². The maximum Gasteiger partial charge on any atom is 0.334 e. The first kappa shape index (κ1) is 36.0. The summed E-state index contributed by atoms with van der Waals surface area (Å²) in [6.07, 6.45) is 0.673. The fraction of sp³-hybridized carbons (Fsp3) is 0.333. The number of nitrogens with one attached hydrogen (secondary N) is 5. The highest BCUT2D eigenvalue weighted by Gasteiger charge is 2.31. The highest BCUT2D eigenvalue weighted by atomic mass is 35.5. The maximum atomic E-state index is 13.4. The first-order valence-corrected chi connectivity index (χ1v) is 13.4. The number of hydrogen-bond donors (Lipinski definition) is 6. The van der Waals surface area contributed by atoms with Gasteiger partial charge in [0.15, 0.2) is 5.96 Å². The molecule has 0 aromatic heterocycles. The largest absolute Gasteiger partial charge is 0.424 e. The summed E-state index contributed by atoms with van der Waals surface area (Å²) in [5.74, 6) is -1.51. The van der Waals surface area contributed by atoms with E-state index in [0.29, 0.717) is 18.7 Å². The van der Waals surface area contributed by atoms with Crippen molar-refractivity contribution in [2.75, 3.05) is 11.9 Å². The third kappa shape index (κ3) is 10.8. The van der Waals surface area contributed by atoms with Crippen LogP contribution in [0.4, 0.5) is 5.69 Å². The van der Waals surface area contributed by atoms with Gasteiger partial charge in [0.1, 0.15) is 23.9 Å². The zero-order chi connectivity index (χ0) is 29.1. The van der Waals surface area contributed by atoms with E-state index in [2.05, 4.69) is 21.3 Å². The summed E-state index contributed by atoms with van der Waals surface area (Å²) in [5, 5.41) is 20.4. The number of guanidine groups is 1. The van der Waals surface area contributed by atoms with Gasteiger partial charge < -0.3 is 31.7 Å². The van der Waals surface area contributed by atoms with Crippen molar-refractivity contribution in [2.45, 2.75) is 51.7 Å². The number of carbonyl (C=O) groups excluding carboxylic acids is 3.